The average molecular weight is 840 g/mol. The van der Waals surface area contributed by atoms with Gasteiger partial charge in [0.15, 0.2) is 0 Å². The lowest BCUT2D eigenvalue weighted by atomic mass is 9.48. The second kappa shape index (κ2) is 15.5. The van der Waals surface area contributed by atoms with Gasteiger partial charge >= 0.3 is 0 Å². The van der Waals surface area contributed by atoms with Gasteiger partial charge in [0.05, 0.1) is 55.0 Å². The number of aryl methyl sites for hydroxylation is 1. The minimum atomic E-state index is -1.43. The van der Waals surface area contributed by atoms with Gasteiger partial charge in [-0.1, -0.05) is 84.0 Å². The molecule has 6 atom stereocenters. The van der Waals surface area contributed by atoms with Gasteiger partial charge in [0.1, 0.15) is 23.0 Å². The molecule has 2 saturated heterocycles. The first-order valence-electron chi connectivity index (χ1n) is 21.1. The summed E-state index contributed by atoms with van der Waals surface area (Å²) < 4.78 is 17.2. The molecule has 3 heterocycles. The van der Waals surface area contributed by atoms with E-state index in [1.54, 1.807) is 50.8 Å². The number of phenols is 1. The van der Waals surface area contributed by atoms with Gasteiger partial charge < -0.3 is 19.3 Å². The summed E-state index contributed by atoms with van der Waals surface area (Å²) in [6, 6.07) is 34.6. The first-order valence-corrected chi connectivity index (χ1v) is 21.1. The summed E-state index contributed by atoms with van der Waals surface area (Å²) in [6.45, 7) is 1.96. The highest BCUT2D eigenvalue weighted by Gasteiger charge is 2.70. The number of phenolic OH excluding ortho intramolecular Hbond substituents is 1. The Hall–Kier alpha value is -7.40. The van der Waals surface area contributed by atoms with E-state index >= 15 is 9.59 Å². The van der Waals surface area contributed by atoms with E-state index in [1.165, 1.54) is 4.90 Å². The van der Waals surface area contributed by atoms with E-state index in [4.69, 9.17) is 14.2 Å². The zero-order valence-corrected chi connectivity index (χ0v) is 35.0. The van der Waals surface area contributed by atoms with Crippen molar-refractivity contribution in [3.63, 3.8) is 0 Å². The molecule has 2 N–H and O–H groups in total. The molecular formula is C52H45N3O8. The number of nitrogens with one attached hydrogen (secondary N) is 1. The molecule has 4 amide bonds. The molecule has 10 rings (SSSR count). The van der Waals surface area contributed by atoms with E-state index in [9.17, 15) is 14.7 Å². The Labute approximate surface area is 364 Å². The third-order valence-corrected chi connectivity index (χ3v) is 13.6. The second-order valence-electron chi connectivity index (χ2n) is 16.9. The van der Waals surface area contributed by atoms with Crippen LogP contribution in [0.3, 0.4) is 0 Å². The summed E-state index contributed by atoms with van der Waals surface area (Å²) in [7, 11) is 3.22. The summed E-state index contributed by atoms with van der Waals surface area (Å²) in [5.74, 6) is -2.99. The van der Waals surface area contributed by atoms with Crippen molar-refractivity contribution < 1.29 is 38.5 Å². The number of anilines is 2. The Morgan fingerprint density at radius 3 is 2.33 bits per heavy atom. The van der Waals surface area contributed by atoms with Gasteiger partial charge in [-0.3, -0.25) is 29.5 Å². The van der Waals surface area contributed by atoms with Crippen molar-refractivity contribution >= 4 is 47.2 Å². The summed E-state index contributed by atoms with van der Waals surface area (Å²) >= 11 is 0. The van der Waals surface area contributed by atoms with Gasteiger partial charge in [-0.05, 0) is 103 Å². The number of carbonyl (C=O) groups excluding carboxylic acids is 4. The predicted molar refractivity (Wildman–Crippen MR) is 237 cm³/mol. The molecule has 0 unspecified atom stereocenters. The molecule has 11 nitrogen and oxygen atoms in total. The maximum Gasteiger partial charge on any atom is 0.260 e. The highest BCUT2D eigenvalue weighted by atomic mass is 16.5. The van der Waals surface area contributed by atoms with E-state index in [-0.39, 0.29) is 30.4 Å². The number of nitrogens with zero attached hydrogens (tertiary/aromatic N) is 2. The molecule has 0 aromatic heterocycles. The van der Waals surface area contributed by atoms with Gasteiger partial charge in [-0.2, -0.15) is 5.01 Å². The first kappa shape index (κ1) is 39.7. The number of rotatable bonds is 9. The Balaban J connectivity index is 1.04. The fraction of sp³-hybridized carbons (Fsp3) is 0.231. The minimum absolute atomic E-state index is 0.0763. The molecule has 5 aromatic carbocycles. The van der Waals surface area contributed by atoms with Crippen LogP contribution >= 0.6 is 0 Å². The van der Waals surface area contributed by atoms with Crippen molar-refractivity contribution in [2.45, 2.75) is 31.6 Å². The molecule has 3 aliphatic heterocycles. The van der Waals surface area contributed by atoms with E-state index in [0.29, 0.717) is 40.6 Å². The third-order valence-electron chi connectivity index (χ3n) is 13.6. The van der Waals surface area contributed by atoms with Crippen molar-refractivity contribution in [2.75, 3.05) is 24.5 Å². The largest absolute Gasteiger partial charge is 0.508 e. The number of methoxy groups -OCH3 is 2. The van der Waals surface area contributed by atoms with Crippen LogP contribution < -0.4 is 24.5 Å². The smallest absolute Gasteiger partial charge is 0.260 e. The molecule has 1 saturated carbocycles. The topological polar surface area (TPSA) is 135 Å². The maximum atomic E-state index is 15.5. The van der Waals surface area contributed by atoms with E-state index < -0.39 is 46.8 Å². The number of hydrogen-bond donors (Lipinski definition) is 2. The predicted octanol–water partition coefficient (Wildman–Crippen LogP) is 8.43. The average Bonchev–Trinajstić information content (AvgIpc) is 3.69. The number of amides is 4. The fourth-order valence-corrected chi connectivity index (χ4v) is 10.7. The normalized spacial score (nSPS) is 24.8. The number of imide groups is 2. The van der Waals surface area contributed by atoms with Crippen molar-refractivity contribution in [3.8, 4) is 23.0 Å². The summed E-state index contributed by atoms with van der Waals surface area (Å²) in [5, 5.41) is 11.7. The van der Waals surface area contributed by atoms with Gasteiger partial charge in [-0.15, -0.1) is 0 Å². The zero-order valence-electron chi connectivity index (χ0n) is 35.0. The minimum Gasteiger partial charge on any atom is -0.508 e. The van der Waals surface area contributed by atoms with Crippen molar-refractivity contribution in [1.29, 1.82) is 0 Å². The number of ether oxygens (including phenoxy) is 3. The van der Waals surface area contributed by atoms with Gasteiger partial charge in [0, 0.05) is 23.5 Å². The van der Waals surface area contributed by atoms with Gasteiger partial charge in [0.2, 0.25) is 11.8 Å². The molecule has 0 radical (unpaired) electrons. The third kappa shape index (κ3) is 6.40. The maximum absolute atomic E-state index is 15.5. The zero-order chi connectivity index (χ0) is 43.6. The van der Waals surface area contributed by atoms with Crippen molar-refractivity contribution in [2.24, 2.45) is 29.6 Å². The molecule has 0 spiro atoms. The molecular weight excluding hydrogens is 795 g/mol. The molecule has 316 valence electrons. The second-order valence-corrected chi connectivity index (χ2v) is 16.9. The van der Waals surface area contributed by atoms with Crippen LogP contribution in [0.2, 0.25) is 0 Å². The lowest BCUT2D eigenvalue weighted by Gasteiger charge is -2.51. The van der Waals surface area contributed by atoms with Gasteiger partial charge in [0.25, 0.3) is 11.8 Å². The van der Waals surface area contributed by atoms with Crippen LogP contribution in [0.1, 0.15) is 40.7 Å². The lowest BCUT2D eigenvalue weighted by Crippen LogP contribution is -2.55. The summed E-state index contributed by atoms with van der Waals surface area (Å²) in [4.78, 5) is 61.3. The highest BCUT2D eigenvalue weighted by molar-refractivity contribution is 6.22. The van der Waals surface area contributed by atoms with Crippen LogP contribution in [0, 0.1) is 36.5 Å². The van der Waals surface area contributed by atoms with E-state index in [1.807, 2.05) is 110 Å². The molecule has 63 heavy (non-hydrogen) atoms. The van der Waals surface area contributed by atoms with E-state index in [0.717, 1.165) is 38.4 Å². The molecule has 3 fully saturated rings. The van der Waals surface area contributed by atoms with Crippen molar-refractivity contribution in [3.05, 3.63) is 167 Å². The Morgan fingerprint density at radius 2 is 1.59 bits per heavy atom. The van der Waals surface area contributed by atoms with Crippen LogP contribution in [0.4, 0.5) is 11.4 Å². The van der Waals surface area contributed by atoms with Crippen LogP contribution in [-0.2, 0) is 31.0 Å². The molecule has 2 aliphatic carbocycles. The number of allylic oxidation sites excluding steroid dienone is 3. The number of hydrogen-bond acceptors (Lipinski definition) is 9. The monoisotopic (exact) mass is 839 g/mol. The number of benzene rings is 5. The lowest BCUT2D eigenvalue weighted by molar-refractivity contribution is -0.139. The molecule has 0 bridgehead atoms. The standard InChI is InChI=1S/C52H45N3O8/c1-30-9-15-36(16-10-30)53-55-49(58)43-28-42-40(47(52(43,51(55)60)35-7-5-4-6-8-35)34-25-33-26-38(56)19-23-45(33)63-29-34)21-22-41-46(42)50(59)54(48(41)57)37-17-12-31(13-18-37)11-14-32-27-39(61-2)20-24-44(32)62-3/h4-21,23-24,26-27,29,41-43,46-47,53,56H,22,25,28H2,1-3H3/t41-,42+,43-,46-,47-,52+/m0/s1. The van der Waals surface area contributed by atoms with Crippen LogP contribution in [0.5, 0.6) is 23.0 Å². The number of carbonyl (C=O) groups is 4. The summed E-state index contributed by atoms with van der Waals surface area (Å²) in [5.41, 5.74) is 8.44. The number of fused-ring (bicyclic) bond motifs is 5. The molecule has 5 aromatic rings. The van der Waals surface area contributed by atoms with Crippen LogP contribution in [0.15, 0.2) is 139 Å². The Morgan fingerprint density at radius 1 is 0.810 bits per heavy atom. The highest BCUT2D eigenvalue weighted by Crippen LogP contribution is 2.63. The summed E-state index contributed by atoms with van der Waals surface area (Å²) in [6.07, 6.45) is 8.33. The SMILES string of the molecule is COc1ccc(OC)c(C=Cc2ccc(N3C(=O)[C@H]4[C@H](CC=C5[C@H](C6=COc7ccc(O)cc7C6)[C@]6(c7ccccc7)C(=O)N(Nc7ccc(C)cc7)C(=O)[C@@H]6C[C@H]54)C3=O)cc2)c1. The first-order chi connectivity index (χ1) is 30.6. The van der Waals surface area contributed by atoms with Crippen LogP contribution in [-0.4, -0.2) is 48.0 Å². The van der Waals surface area contributed by atoms with E-state index in [2.05, 4.69) is 5.43 Å². The van der Waals surface area contributed by atoms with Gasteiger partial charge in [-0.25, -0.2) is 0 Å². The van der Waals surface area contributed by atoms with Crippen LogP contribution in [0.25, 0.3) is 12.2 Å². The Bertz CT molecular complexity index is 2780. The van der Waals surface area contributed by atoms with Crippen molar-refractivity contribution in [1.82, 2.24) is 5.01 Å². The fourth-order valence-electron chi connectivity index (χ4n) is 10.7. The number of aromatic hydroxyl groups is 1. The number of hydrazine groups is 1. The molecule has 5 aliphatic rings. The molecule has 11 heteroatoms. The quantitative estimate of drug-likeness (QED) is 0.0853. The Kier molecular flexibility index (Phi) is 9.77.